The average molecular weight is 404 g/mol. The Kier molecular flexibility index (Phi) is 4.71. The van der Waals surface area contributed by atoms with Crippen LogP contribution >= 0.6 is 0 Å². The van der Waals surface area contributed by atoms with E-state index in [1.54, 1.807) is 17.1 Å². The van der Waals surface area contributed by atoms with Crippen LogP contribution in [0.25, 0.3) is 0 Å². The van der Waals surface area contributed by atoms with E-state index in [0.717, 1.165) is 22.6 Å². The second-order valence-electron chi connectivity index (χ2n) is 8.38. The number of halogens is 2. The van der Waals surface area contributed by atoms with Crippen molar-refractivity contribution in [1.29, 1.82) is 0 Å². The Morgan fingerprint density at radius 3 is 2.76 bits per heavy atom. The van der Waals surface area contributed by atoms with Crippen LogP contribution in [0.3, 0.4) is 0 Å². The molecule has 1 saturated carbocycles. The SMILES string of the molecule is Cc1nc(NCc2cnn(C3CC(F)(F)C3)c2)cc2c1NC(=O)C(C(C)C)N2C. The van der Waals surface area contributed by atoms with Crippen LogP contribution in [0, 0.1) is 12.8 Å². The number of hydrogen-bond donors (Lipinski definition) is 2. The van der Waals surface area contributed by atoms with Crippen molar-refractivity contribution in [3.8, 4) is 0 Å². The molecule has 0 saturated heterocycles. The number of anilines is 3. The van der Waals surface area contributed by atoms with Gasteiger partial charge in [-0.15, -0.1) is 0 Å². The highest BCUT2D eigenvalue weighted by Gasteiger charge is 2.46. The topological polar surface area (TPSA) is 75.1 Å². The Bertz CT molecular complexity index is 933. The maximum absolute atomic E-state index is 13.1. The van der Waals surface area contributed by atoms with Gasteiger partial charge in [-0.2, -0.15) is 5.10 Å². The monoisotopic (exact) mass is 404 g/mol. The summed E-state index contributed by atoms with van der Waals surface area (Å²) in [7, 11) is 1.92. The van der Waals surface area contributed by atoms with Crippen molar-refractivity contribution in [3.05, 3.63) is 29.7 Å². The van der Waals surface area contributed by atoms with Crippen molar-refractivity contribution in [2.75, 3.05) is 22.6 Å². The number of amides is 1. The first kappa shape index (κ1) is 19.6. The van der Waals surface area contributed by atoms with Crippen LogP contribution in [0.4, 0.5) is 26.0 Å². The third-order valence-electron chi connectivity index (χ3n) is 5.70. The van der Waals surface area contributed by atoms with Gasteiger partial charge >= 0.3 is 0 Å². The molecule has 0 radical (unpaired) electrons. The summed E-state index contributed by atoms with van der Waals surface area (Å²) in [5, 5.41) is 10.5. The number of likely N-dealkylation sites (N-methyl/N-ethyl adjacent to an activating group) is 1. The molecule has 1 fully saturated rings. The predicted molar refractivity (Wildman–Crippen MR) is 107 cm³/mol. The van der Waals surface area contributed by atoms with E-state index in [0.29, 0.717) is 12.4 Å². The first-order valence-electron chi connectivity index (χ1n) is 9.85. The zero-order valence-electron chi connectivity index (χ0n) is 17.0. The van der Waals surface area contributed by atoms with Gasteiger partial charge in [-0.05, 0) is 12.8 Å². The fraction of sp³-hybridized carbons (Fsp3) is 0.550. The summed E-state index contributed by atoms with van der Waals surface area (Å²) in [6, 6.07) is 1.46. The third-order valence-corrected chi connectivity index (χ3v) is 5.70. The fourth-order valence-electron chi connectivity index (χ4n) is 4.13. The molecule has 2 aromatic heterocycles. The molecule has 156 valence electrons. The van der Waals surface area contributed by atoms with Crippen molar-refractivity contribution >= 4 is 23.1 Å². The minimum atomic E-state index is -2.56. The summed E-state index contributed by atoms with van der Waals surface area (Å²) >= 11 is 0. The highest BCUT2D eigenvalue weighted by molar-refractivity contribution is 6.04. The molecule has 29 heavy (non-hydrogen) atoms. The van der Waals surface area contributed by atoms with Crippen LogP contribution in [0.5, 0.6) is 0 Å². The zero-order valence-corrected chi connectivity index (χ0v) is 17.0. The van der Waals surface area contributed by atoms with Crippen molar-refractivity contribution in [2.45, 2.75) is 58.2 Å². The molecule has 0 bridgehead atoms. The Balaban J connectivity index is 1.48. The van der Waals surface area contributed by atoms with E-state index in [1.165, 1.54) is 0 Å². The van der Waals surface area contributed by atoms with Gasteiger partial charge in [0.25, 0.3) is 5.92 Å². The largest absolute Gasteiger partial charge is 0.366 e. The van der Waals surface area contributed by atoms with Crippen LogP contribution < -0.4 is 15.5 Å². The van der Waals surface area contributed by atoms with Crippen LogP contribution in [-0.2, 0) is 11.3 Å². The van der Waals surface area contributed by atoms with Crippen molar-refractivity contribution in [1.82, 2.24) is 14.8 Å². The number of nitrogens with zero attached hydrogens (tertiary/aromatic N) is 4. The lowest BCUT2D eigenvalue weighted by atomic mass is 9.88. The van der Waals surface area contributed by atoms with Crippen LogP contribution in [0.15, 0.2) is 18.5 Å². The fourth-order valence-corrected chi connectivity index (χ4v) is 4.13. The molecule has 2 N–H and O–H groups in total. The van der Waals surface area contributed by atoms with Crippen LogP contribution in [0.1, 0.15) is 44.0 Å². The molecule has 0 aromatic carbocycles. The molecule has 2 aliphatic rings. The highest BCUT2D eigenvalue weighted by atomic mass is 19.3. The lowest BCUT2D eigenvalue weighted by Crippen LogP contribution is -2.49. The Morgan fingerprint density at radius 2 is 2.10 bits per heavy atom. The summed E-state index contributed by atoms with van der Waals surface area (Å²) in [5.41, 5.74) is 3.29. The number of rotatable bonds is 5. The Hall–Kier alpha value is -2.71. The molecule has 1 aliphatic heterocycles. The van der Waals surface area contributed by atoms with E-state index < -0.39 is 5.92 Å². The second-order valence-corrected chi connectivity index (χ2v) is 8.38. The summed E-state index contributed by atoms with van der Waals surface area (Å²) in [6.45, 7) is 6.39. The van der Waals surface area contributed by atoms with Gasteiger partial charge in [0, 0.05) is 44.3 Å². The molecule has 1 atom stereocenters. The number of aryl methyl sites for hydroxylation is 1. The molecule has 1 aliphatic carbocycles. The number of alkyl halides is 2. The molecule has 4 rings (SSSR count). The summed E-state index contributed by atoms with van der Waals surface area (Å²) in [6.07, 6.45) is 3.19. The van der Waals surface area contributed by atoms with Crippen molar-refractivity contribution in [3.63, 3.8) is 0 Å². The van der Waals surface area contributed by atoms with E-state index in [4.69, 9.17) is 0 Å². The molecule has 1 amide bonds. The number of nitrogens with one attached hydrogen (secondary N) is 2. The lowest BCUT2D eigenvalue weighted by molar-refractivity contribution is -0.118. The molecular formula is C20H26F2N6O. The van der Waals surface area contributed by atoms with Crippen molar-refractivity contribution < 1.29 is 13.6 Å². The molecule has 9 heteroatoms. The molecule has 0 spiro atoms. The number of hydrogen-bond acceptors (Lipinski definition) is 5. The minimum Gasteiger partial charge on any atom is -0.366 e. The first-order valence-corrected chi connectivity index (χ1v) is 9.85. The van der Waals surface area contributed by atoms with E-state index in [-0.39, 0.29) is 36.8 Å². The Labute approximate surface area is 168 Å². The summed E-state index contributed by atoms with van der Waals surface area (Å²) in [4.78, 5) is 19.0. The summed E-state index contributed by atoms with van der Waals surface area (Å²) < 4.78 is 27.8. The number of fused-ring (bicyclic) bond motifs is 1. The van der Waals surface area contributed by atoms with Crippen LogP contribution in [0.2, 0.25) is 0 Å². The standard InChI is InChI=1S/C20H26F2N6O/c1-11(2)18-19(29)26-17-12(3)25-16(5-15(17)27(18)4)23-8-13-9-24-28(10-13)14-6-20(21,22)7-14/h5,9-11,14,18H,6-8H2,1-4H3,(H,23,25)(H,26,29). The maximum atomic E-state index is 13.1. The van der Waals surface area contributed by atoms with Crippen molar-refractivity contribution in [2.24, 2.45) is 5.92 Å². The van der Waals surface area contributed by atoms with Gasteiger partial charge in [0.1, 0.15) is 11.9 Å². The lowest BCUT2D eigenvalue weighted by Gasteiger charge is -2.38. The number of carbonyl (C=O) groups is 1. The van der Waals surface area contributed by atoms with Gasteiger partial charge in [-0.1, -0.05) is 13.8 Å². The number of carbonyl (C=O) groups excluding carboxylic acids is 1. The number of pyridine rings is 1. The Morgan fingerprint density at radius 1 is 1.38 bits per heavy atom. The van der Waals surface area contributed by atoms with E-state index >= 15 is 0 Å². The molecule has 3 heterocycles. The quantitative estimate of drug-likeness (QED) is 0.797. The van der Waals surface area contributed by atoms with Gasteiger partial charge in [0.15, 0.2) is 0 Å². The zero-order chi connectivity index (χ0) is 20.9. The van der Waals surface area contributed by atoms with Gasteiger partial charge < -0.3 is 15.5 Å². The molecule has 2 aromatic rings. The average Bonchev–Trinajstić information content (AvgIpc) is 3.07. The summed E-state index contributed by atoms with van der Waals surface area (Å²) in [5.74, 6) is -1.72. The third kappa shape index (κ3) is 3.65. The van der Waals surface area contributed by atoms with Gasteiger partial charge in [-0.3, -0.25) is 9.48 Å². The smallest absolute Gasteiger partial charge is 0.252 e. The maximum Gasteiger partial charge on any atom is 0.252 e. The number of aromatic nitrogens is 3. The first-order chi connectivity index (χ1) is 13.6. The molecular weight excluding hydrogens is 378 g/mol. The molecule has 7 nitrogen and oxygen atoms in total. The van der Waals surface area contributed by atoms with Gasteiger partial charge in [-0.25, -0.2) is 13.8 Å². The van der Waals surface area contributed by atoms with E-state index in [2.05, 4.69) is 20.7 Å². The van der Waals surface area contributed by atoms with E-state index in [1.807, 2.05) is 38.8 Å². The second kappa shape index (κ2) is 6.96. The normalized spacial score (nSPS) is 21.0. The molecule has 1 unspecified atom stereocenters. The minimum absolute atomic E-state index is 0.0189. The van der Waals surface area contributed by atoms with Gasteiger partial charge in [0.2, 0.25) is 5.91 Å². The van der Waals surface area contributed by atoms with Gasteiger partial charge in [0.05, 0.1) is 29.3 Å². The predicted octanol–water partition coefficient (Wildman–Crippen LogP) is 3.58. The van der Waals surface area contributed by atoms with Crippen LogP contribution in [-0.4, -0.2) is 39.7 Å². The van der Waals surface area contributed by atoms with E-state index in [9.17, 15) is 13.6 Å². The highest BCUT2D eigenvalue weighted by Crippen LogP contribution is 2.45.